The van der Waals surface area contributed by atoms with Gasteiger partial charge >= 0.3 is 0 Å². The summed E-state index contributed by atoms with van der Waals surface area (Å²) in [6.07, 6.45) is 36.0. The van der Waals surface area contributed by atoms with Crippen LogP contribution in [-0.2, 0) is 295 Å². The molecule has 6 rings (SSSR count). The third-order valence-corrected chi connectivity index (χ3v) is 6.00. The molecule has 0 amide bonds. The van der Waals surface area contributed by atoms with Gasteiger partial charge in [0.05, 0.1) is 0 Å². The summed E-state index contributed by atoms with van der Waals surface area (Å²) < 4.78 is 0. The Labute approximate surface area is 602 Å². The molecule has 0 aromatic rings. The monoisotopic (exact) mass is 3260 g/mol. The van der Waals surface area contributed by atoms with Gasteiger partial charge in [-0.3, -0.25) is 0 Å². The Morgan fingerprint density at radius 1 is 0.0667 bits per heavy atom. The predicted octanol–water partition coefficient (Wildman–Crippen LogP) is 23.3. The van der Waals surface area contributed by atoms with E-state index in [0.717, 1.165) is 0 Å². The van der Waals surface area contributed by atoms with Crippen LogP contribution in [0, 0.1) is 0 Å². The van der Waals surface area contributed by atoms with Crippen LogP contribution in [0.1, 0.15) is 317 Å². The molecule has 0 bridgehead atoms. The standard InChI is InChI=1S/6C4H8.22CH4.14W/c6*1-2-4-3-1;;;;;;;;;;;;;;;;;;;;;;;;;;;;;;;;;;;;/h6*1-4H2;22*1H4;;;;;;;;;;;;;;. The van der Waals surface area contributed by atoms with Crippen LogP contribution in [0.15, 0.2) is 0 Å². The summed E-state index contributed by atoms with van der Waals surface area (Å²) >= 11 is 0. The molecule has 0 aromatic heterocycles. The van der Waals surface area contributed by atoms with Crippen LogP contribution in [0.5, 0.6) is 0 Å². The quantitative estimate of drug-likeness (QED) is 0.227. The molecule has 6 aliphatic rings. The Hall–Kier alpha value is 9.64. The van der Waals surface area contributed by atoms with Gasteiger partial charge in [0.15, 0.2) is 0 Å². The third kappa shape index (κ3) is 265. The number of hydrogen-bond acceptors (Lipinski definition) is 0. The molecular formula is C46H136W14. The van der Waals surface area contributed by atoms with Crippen molar-refractivity contribution in [3.05, 3.63) is 0 Å². The Bertz CT molecular complexity index is 157. The van der Waals surface area contributed by atoms with E-state index in [2.05, 4.69) is 0 Å². The number of rotatable bonds is 0. The van der Waals surface area contributed by atoms with Crippen molar-refractivity contribution in [2.75, 3.05) is 0 Å². The van der Waals surface area contributed by atoms with E-state index in [1.165, 1.54) is 154 Å². The Morgan fingerprint density at radius 3 is 0.0833 bits per heavy atom. The van der Waals surface area contributed by atoms with Crippen LogP contribution in [0.25, 0.3) is 0 Å². The molecule has 0 atom stereocenters. The fourth-order valence-corrected chi connectivity index (χ4v) is 1.50. The van der Waals surface area contributed by atoms with Crippen molar-refractivity contribution < 1.29 is 295 Å². The first kappa shape index (κ1) is 290. The molecule has 404 valence electrons. The molecule has 0 unspecified atom stereocenters. The molecule has 0 aliphatic heterocycles. The topological polar surface area (TPSA) is 0 Å². The van der Waals surface area contributed by atoms with Crippen LogP contribution < -0.4 is 0 Å². The van der Waals surface area contributed by atoms with E-state index >= 15 is 0 Å². The van der Waals surface area contributed by atoms with E-state index in [0.29, 0.717) is 0 Å². The first-order valence-corrected chi connectivity index (χ1v) is 12.0. The van der Waals surface area contributed by atoms with Crippen molar-refractivity contribution >= 4 is 0 Å². The van der Waals surface area contributed by atoms with Crippen molar-refractivity contribution in [1.82, 2.24) is 0 Å². The van der Waals surface area contributed by atoms with Crippen molar-refractivity contribution in [1.29, 1.82) is 0 Å². The first-order chi connectivity index (χ1) is 12.0. The van der Waals surface area contributed by atoms with Crippen molar-refractivity contribution in [3.8, 4) is 0 Å². The van der Waals surface area contributed by atoms with Crippen molar-refractivity contribution in [2.24, 2.45) is 0 Å². The molecule has 0 N–H and O–H groups in total. The minimum atomic E-state index is 0. The molecule has 0 heterocycles. The summed E-state index contributed by atoms with van der Waals surface area (Å²) in [6, 6.07) is 0. The number of hydrogen-bond donors (Lipinski definition) is 0. The molecule has 0 radical (unpaired) electrons. The van der Waals surface area contributed by atoms with Gasteiger partial charge in [0.2, 0.25) is 0 Å². The van der Waals surface area contributed by atoms with Crippen molar-refractivity contribution in [2.45, 2.75) is 317 Å². The Kier molecular flexibility index (Phi) is 1340. The van der Waals surface area contributed by atoms with Crippen LogP contribution in [0.3, 0.4) is 0 Å². The molecule has 0 spiro atoms. The molecule has 0 aromatic carbocycles. The summed E-state index contributed by atoms with van der Waals surface area (Å²) in [7, 11) is 0. The van der Waals surface area contributed by atoms with Gasteiger partial charge in [-0.15, -0.1) is 0 Å². The van der Waals surface area contributed by atoms with Gasteiger partial charge in [-0.1, -0.05) is 317 Å². The smallest absolute Gasteiger partial charge is 0 e. The summed E-state index contributed by atoms with van der Waals surface area (Å²) in [4.78, 5) is 0. The van der Waals surface area contributed by atoms with Gasteiger partial charge in [0.1, 0.15) is 0 Å². The molecule has 6 aliphatic carbocycles. The molecular weight excluding hydrogens is 3130 g/mol. The summed E-state index contributed by atoms with van der Waals surface area (Å²) in [5.74, 6) is 0. The second kappa shape index (κ2) is 278. The maximum Gasteiger partial charge on any atom is 0 e. The molecule has 60 heavy (non-hydrogen) atoms. The Balaban J connectivity index is -0.00000000303. The van der Waals surface area contributed by atoms with Gasteiger partial charge in [0, 0.05) is 295 Å². The minimum Gasteiger partial charge on any atom is -0.0776 e. The first-order valence-electron chi connectivity index (χ1n) is 12.0. The third-order valence-electron chi connectivity index (χ3n) is 6.00. The maximum atomic E-state index is 1.50. The van der Waals surface area contributed by atoms with E-state index in [9.17, 15) is 0 Å². The minimum absolute atomic E-state index is 0. The zero-order valence-electron chi connectivity index (χ0n) is 22.7. The van der Waals surface area contributed by atoms with E-state index in [4.69, 9.17) is 0 Å². The van der Waals surface area contributed by atoms with Gasteiger partial charge in [-0.05, 0) is 0 Å². The largest absolute Gasteiger partial charge is 0.0776 e. The van der Waals surface area contributed by atoms with Crippen LogP contribution in [-0.4, -0.2) is 0 Å². The molecule has 0 nitrogen and oxygen atoms in total. The molecule has 6 fully saturated rings. The fourth-order valence-electron chi connectivity index (χ4n) is 1.50. The normalized spacial score (nSPS) is 9.60. The van der Waals surface area contributed by atoms with Gasteiger partial charge < -0.3 is 0 Å². The van der Waals surface area contributed by atoms with E-state index in [1.54, 1.807) is 0 Å². The van der Waals surface area contributed by atoms with Crippen molar-refractivity contribution in [3.63, 3.8) is 0 Å². The zero-order valence-corrected chi connectivity index (χ0v) is 63.8. The summed E-state index contributed by atoms with van der Waals surface area (Å²) in [5, 5.41) is 0. The van der Waals surface area contributed by atoms with E-state index < -0.39 is 0 Å². The molecule has 6 saturated carbocycles. The Morgan fingerprint density at radius 2 is 0.0833 bits per heavy atom. The predicted molar refractivity (Wildman–Crippen MR) is 259 cm³/mol. The zero-order chi connectivity index (χ0) is 17.0. The second-order valence-corrected chi connectivity index (χ2v) is 8.49. The van der Waals surface area contributed by atoms with Crippen LogP contribution in [0.2, 0.25) is 0 Å². The fraction of sp³-hybridized carbons (Fsp3) is 1.00. The molecule has 0 saturated heterocycles. The van der Waals surface area contributed by atoms with Gasteiger partial charge in [-0.25, -0.2) is 0 Å². The average Bonchev–Trinajstić information content (AvgIpc) is 1.94. The van der Waals surface area contributed by atoms with Gasteiger partial charge in [-0.2, -0.15) is 0 Å². The van der Waals surface area contributed by atoms with Crippen LogP contribution in [0.4, 0.5) is 0 Å². The summed E-state index contributed by atoms with van der Waals surface area (Å²) in [6.45, 7) is 0. The van der Waals surface area contributed by atoms with Gasteiger partial charge in [0.25, 0.3) is 0 Å². The van der Waals surface area contributed by atoms with Crippen LogP contribution >= 0.6 is 0 Å². The average molecular weight is 3260 g/mol. The van der Waals surface area contributed by atoms with E-state index in [1.807, 2.05) is 0 Å². The summed E-state index contributed by atoms with van der Waals surface area (Å²) in [5.41, 5.74) is 0. The SMILES string of the molecule is C.C.C.C.C.C.C.C.C.C.C.C.C.C.C.C.C.C.C.C.C.C.C1CCC1.C1CCC1.C1CCC1.C1CCC1.C1CCC1.C1CCC1.[W].[W].[W].[W].[W].[W].[W].[W].[W].[W].[W].[W].[W].[W]. The second-order valence-electron chi connectivity index (χ2n) is 8.49. The molecule has 14 heteroatoms. The van der Waals surface area contributed by atoms with E-state index in [-0.39, 0.29) is 458 Å². The maximum absolute atomic E-state index is 1.50.